The molecule has 0 aromatic heterocycles. The van der Waals surface area contributed by atoms with Crippen LogP contribution in [0, 0.1) is 5.82 Å². The number of halogens is 2. The lowest BCUT2D eigenvalue weighted by Gasteiger charge is -2.24. The monoisotopic (exact) mass is 303 g/mol. The van der Waals surface area contributed by atoms with Crippen LogP contribution in [0.25, 0.3) is 0 Å². The highest BCUT2D eigenvalue weighted by Crippen LogP contribution is 2.35. The fourth-order valence-corrected chi connectivity index (χ4v) is 1.84. The molecular weight excluding hydrogens is 288 g/mol. The molecule has 8 nitrogen and oxygen atoms in total. The normalized spacial score (nSPS) is 19.2. The zero-order chi connectivity index (χ0) is 15.6. The number of alkyl halides is 1. The molecule has 3 N–H and O–H groups in total. The third-order valence-corrected chi connectivity index (χ3v) is 2.74. The van der Waals surface area contributed by atoms with E-state index in [0.29, 0.717) is 0 Å². The van der Waals surface area contributed by atoms with Crippen LogP contribution in [-0.4, -0.2) is 29.9 Å². The zero-order valence-electron chi connectivity index (χ0n) is 11.4. The van der Waals surface area contributed by atoms with Crippen molar-refractivity contribution in [3.63, 3.8) is 0 Å². The van der Waals surface area contributed by atoms with Gasteiger partial charge in [-0.05, 0) is 10.4 Å². The van der Waals surface area contributed by atoms with Crippen LogP contribution in [0.2, 0.25) is 0 Å². The van der Waals surface area contributed by atoms with Gasteiger partial charge in [0.1, 0.15) is 11.6 Å². The zero-order valence-corrected chi connectivity index (χ0v) is 11.4. The van der Waals surface area contributed by atoms with E-state index >= 15 is 0 Å². The van der Waals surface area contributed by atoms with Gasteiger partial charge in [-0.15, -0.1) is 0 Å². The lowest BCUT2D eigenvalue weighted by Crippen LogP contribution is -2.36. The number of hydrogen-bond acceptors (Lipinski definition) is 8. The molecule has 0 amide bonds. The number of rotatable bonds is 5. The van der Waals surface area contributed by atoms with Crippen LogP contribution in [0.15, 0.2) is 22.6 Å². The molecule has 0 radical (unpaired) electrons. The molecule has 10 heteroatoms. The molecular formula is C11H15F2N5O3. The largest absolute Gasteiger partial charge is 0.460 e. The van der Waals surface area contributed by atoms with Crippen molar-refractivity contribution in [2.75, 3.05) is 12.1 Å². The SMILES string of the molecule is CC(F)Oc1cc(F)cc(N2N=NN(C)C2O)c1CON. The number of aliphatic hydroxyl groups is 1. The Morgan fingerprint density at radius 3 is 2.71 bits per heavy atom. The van der Waals surface area contributed by atoms with Crippen molar-refractivity contribution >= 4 is 5.69 Å². The van der Waals surface area contributed by atoms with E-state index in [1.54, 1.807) is 0 Å². The first-order valence-corrected chi connectivity index (χ1v) is 6.00. The van der Waals surface area contributed by atoms with Gasteiger partial charge >= 0.3 is 0 Å². The first-order chi connectivity index (χ1) is 9.93. The van der Waals surface area contributed by atoms with Crippen molar-refractivity contribution in [1.82, 2.24) is 5.01 Å². The van der Waals surface area contributed by atoms with Crippen LogP contribution in [-0.2, 0) is 11.4 Å². The molecule has 21 heavy (non-hydrogen) atoms. The Hall–Kier alpha value is -2.04. The van der Waals surface area contributed by atoms with Gasteiger partial charge in [0.25, 0.3) is 0 Å². The van der Waals surface area contributed by atoms with Gasteiger partial charge in [-0.1, -0.05) is 0 Å². The number of nitrogens with two attached hydrogens (primary N) is 1. The Kier molecular flexibility index (Phi) is 4.50. The van der Waals surface area contributed by atoms with Crippen molar-refractivity contribution in [1.29, 1.82) is 0 Å². The molecule has 0 saturated heterocycles. The summed E-state index contributed by atoms with van der Waals surface area (Å²) < 4.78 is 31.7. The van der Waals surface area contributed by atoms with Gasteiger partial charge in [0.15, 0.2) is 0 Å². The van der Waals surface area contributed by atoms with Gasteiger partial charge in [0.2, 0.25) is 12.7 Å². The summed E-state index contributed by atoms with van der Waals surface area (Å²) in [6.45, 7) is 0.954. The molecule has 2 unspecified atom stereocenters. The minimum atomic E-state index is -1.66. The number of ether oxygens (including phenoxy) is 1. The minimum absolute atomic E-state index is 0.0950. The maximum absolute atomic E-state index is 13.7. The summed E-state index contributed by atoms with van der Waals surface area (Å²) in [6.07, 6.45) is -2.90. The topological polar surface area (TPSA) is 95.9 Å². The highest BCUT2D eigenvalue weighted by atomic mass is 19.1. The Balaban J connectivity index is 2.48. The number of benzene rings is 1. The van der Waals surface area contributed by atoms with Crippen LogP contribution in [0.4, 0.5) is 14.5 Å². The summed E-state index contributed by atoms with van der Waals surface area (Å²) in [5, 5.41) is 19.4. The lowest BCUT2D eigenvalue weighted by molar-refractivity contribution is 0.0449. The number of anilines is 1. The molecule has 0 bridgehead atoms. The molecule has 0 saturated carbocycles. The molecule has 1 aromatic rings. The first-order valence-electron chi connectivity index (χ1n) is 6.00. The van der Waals surface area contributed by atoms with Gasteiger partial charge in [0, 0.05) is 31.7 Å². The molecule has 0 spiro atoms. The van der Waals surface area contributed by atoms with E-state index in [1.807, 2.05) is 0 Å². The second kappa shape index (κ2) is 6.16. The number of aliphatic hydroxyl groups excluding tert-OH is 1. The number of nitrogens with zero attached hydrogens (tertiary/aromatic N) is 4. The maximum Gasteiger partial charge on any atom is 0.245 e. The Morgan fingerprint density at radius 1 is 1.48 bits per heavy atom. The smallest absolute Gasteiger partial charge is 0.245 e. The Labute approximate surface area is 119 Å². The molecule has 2 rings (SSSR count). The molecule has 0 aliphatic carbocycles. The van der Waals surface area contributed by atoms with Crippen LogP contribution in [0.3, 0.4) is 0 Å². The highest BCUT2D eigenvalue weighted by Gasteiger charge is 2.30. The summed E-state index contributed by atoms with van der Waals surface area (Å²) in [6, 6.07) is 2.09. The van der Waals surface area contributed by atoms with E-state index in [0.717, 1.165) is 29.1 Å². The van der Waals surface area contributed by atoms with E-state index in [2.05, 4.69) is 15.3 Å². The van der Waals surface area contributed by atoms with Gasteiger partial charge in [-0.3, -0.25) is 4.84 Å². The lowest BCUT2D eigenvalue weighted by atomic mass is 10.1. The standard InChI is InChI=1S/C11H15F2N5O3/c1-6(12)21-10-4-7(13)3-9(8(10)5-20-14)18-11(19)17(2)15-16-18/h3-4,6,11,19H,5,14H2,1-2H3. The second-order valence-electron chi connectivity index (χ2n) is 4.32. The van der Waals surface area contributed by atoms with Crippen LogP contribution in [0.5, 0.6) is 5.75 Å². The van der Waals surface area contributed by atoms with Crippen molar-refractivity contribution in [2.24, 2.45) is 16.3 Å². The molecule has 1 aliphatic heterocycles. The van der Waals surface area contributed by atoms with Crippen molar-refractivity contribution in [2.45, 2.75) is 26.2 Å². The van der Waals surface area contributed by atoms with E-state index in [-0.39, 0.29) is 23.6 Å². The van der Waals surface area contributed by atoms with Gasteiger partial charge < -0.3 is 9.84 Å². The predicted molar refractivity (Wildman–Crippen MR) is 67.7 cm³/mol. The fourth-order valence-electron chi connectivity index (χ4n) is 1.84. The summed E-state index contributed by atoms with van der Waals surface area (Å²) in [4.78, 5) is 4.53. The van der Waals surface area contributed by atoms with Crippen molar-refractivity contribution in [3.8, 4) is 5.75 Å². The summed E-state index contributed by atoms with van der Waals surface area (Å²) in [5.41, 5.74) is 0.341. The first kappa shape index (κ1) is 15.4. The van der Waals surface area contributed by atoms with E-state index < -0.39 is 18.5 Å². The quantitative estimate of drug-likeness (QED) is 0.794. The third kappa shape index (κ3) is 3.17. The Bertz CT molecular complexity index is 543. The summed E-state index contributed by atoms with van der Waals surface area (Å²) >= 11 is 0. The van der Waals surface area contributed by atoms with Crippen molar-refractivity contribution < 1.29 is 23.5 Å². The molecule has 2 atom stereocenters. The average Bonchev–Trinajstić information content (AvgIpc) is 2.72. The molecule has 1 heterocycles. The van der Waals surface area contributed by atoms with E-state index in [9.17, 15) is 13.9 Å². The highest BCUT2D eigenvalue weighted by molar-refractivity contribution is 5.59. The van der Waals surface area contributed by atoms with Crippen LogP contribution < -0.4 is 15.6 Å². The minimum Gasteiger partial charge on any atom is -0.460 e. The van der Waals surface area contributed by atoms with Crippen LogP contribution in [0.1, 0.15) is 12.5 Å². The Morgan fingerprint density at radius 2 is 2.19 bits per heavy atom. The van der Waals surface area contributed by atoms with E-state index in [4.69, 9.17) is 10.6 Å². The van der Waals surface area contributed by atoms with Gasteiger partial charge in [-0.2, -0.15) is 5.01 Å². The molecule has 1 aromatic carbocycles. The molecule has 1 aliphatic rings. The van der Waals surface area contributed by atoms with Gasteiger partial charge in [0.05, 0.1) is 12.3 Å². The maximum atomic E-state index is 13.7. The molecule has 116 valence electrons. The number of hydrogen-bond donors (Lipinski definition) is 2. The predicted octanol–water partition coefficient (Wildman–Crippen LogP) is 1.22. The van der Waals surface area contributed by atoms with Crippen LogP contribution >= 0.6 is 0 Å². The van der Waals surface area contributed by atoms with E-state index in [1.165, 1.54) is 7.05 Å². The third-order valence-electron chi connectivity index (χ3n) is 2.74. The second-order valence-corrected chi connectivity index (χ2v) is 4.32. The summed E-state index contributed by atoms with van der Waals surface area (Å²) in [5.74, 6) is 4.25. The average molecular weight is 303 g/mol. The summed E-state index contributed by atoms with van der Waals surface area (Å²) in [7, 11) is 1.48. The van der Waals surface area contributed by atoms with Crippen molar-refractivity contribution in [3.05, 3.63) is 23.5 Å². The molecule has 0 fully saturated rings. The van der Waals surface area contributed by atoms with Gasteiger partial charge in [-0.25, -0.2) is 19.7 Å². The fraction of sp³-hybridized carbons (Fsp3) is 0.455.